The van der Waals surface area contributed by atoms with E-state index in [0.29, 0.717) is 12.5 Å². The molecule has 0 rings (SSSR count). The summed E-state index contributed by atoms with van der Waals surface area (Å²) < 4.78 is 4.93. The summed E-state index contributed by atoms with van der Waals surface area (Å²) in [6.07, 6.45) is 3.43. The predicted octanol–water partition coefficient (Wildman–Crippen LogP) is 2.93. The molecule has 0 bridgehead atoms. The van der Waals surface area contributed by atoms with Crippen molar-refractivity contribution in [2.45, 2.75) is 40.5 Å². The predicted molar refractivity (Wildman–Crippen MR) is 54.5 cm³/mol. The molecule has 0 saturated carbocycles. The van der Waals surface area contributed by atoms with Crippen molar-refractivity contribution in [1.29, 1.82) is 0 Å². The quantitative estimate of drug-likeness (QED) is 0.485. The van der Waals surface area contributed by atoms with Crippen molar-refractivity contribution in [3.63, 3.8) is 0 Å². The minimum absolute atomic E-state index is 0.208. The van der Waals surface area contributed by atoms with Gasteiger partial charge in [0.05, 0.1) is 6.61 Å². The molecule has 0 radical (unpaired) electrons. The molecule has 76 valence electrons. The Hall–Kier alpha value is -0.790. The SMILES string of the molecule is CCCOC(=O)C=C(C)CC(C)C. The van der Waals surface area contributed by atoms with Crippen LogP contribution in [0.25, 0.3) is 0 Å². The minimum atomic E-state index is -0.208. The van der Waals surface area contributed by atoms with Gasteiger partial charge in [-0.05, 0) is 25.7 Å². The first-order chi connectivity index (χ1) is 6.06. The van der Waals surface area contributed by atoms with Gasteiger partial charge in [0.2, 0.25) is 0 Å². The molecule has 0 unspecified atom stereocenters. The summed E-state index contributed by atoms with van der Waals surface area (Å²) in [6, 6.07) is 0. The van der Waals surface area contributed by atoms with Gasteiger partial charge in [0.25, 0.3) is 0 Å². The van der Waals surface area contributed by atoms with Crippen molar-refractivity contribution in [2.24, 2.45) is 5.92 Å². The zero-order valence-electron chi connectivity index (χ0n) is 9.09. The molecular formula is C11H20O2. The summed E-state index contributed by atoms with van der Waals surface area (Å²) >= 11 is 0. The van der Waals surface area contributed by atoms with Crippen molar-refractivity contribution < 1.29 is 9.53 Å². The molecule has 0 atom stereocenters. The van der Waals surface area contributed by atoms with E-state index in [2.05, 4.69) is 13.8 Å². The van der Waals surface area contributed by atoms with Crippen LogP contribution in [0.1, 0.15) is 40.5 Å². The molecule has 0 saturated heterocycles. The lowest BCUT2D eigenvalue weighted by atomic mass is 10.0. The van der Waals surface area contributed by atoms with E-state index >= 15 is 0 Å². The molecule has 13 heavy (non-hydrogen) atoms. The fraction of sp³-hybridized carbons (Fsp3) is 0.727. The summed E-state index contributed by atoms with van der Waals surface area (Å²) in [5.74, 6) is 0.384. The second-order valence-corrected chi connectivity index (χ2v) is 3.76. The molecule has 0 heterocycles. The van der Waals surface area contributed by atoms with Crippen molar-refractivity contribution >= 4 is 5.97 Å². The third-order valence-corrected chi connectivity index (χ3v) is 1.54. The highest BCUT2D eigenvalue weighted by Crippen LogP contribution is 2.09. The maximum absolute atomic E-state index is 11.1. The molecule has 0 aliphatic carbocycles. The molecule has 0 aliphatic rings. The summed E-state index contributed by atoms with van der Waals surface area (Å²) in [5.41, 5.74) is 1.09. The van der Waals surface area contributed by atoms with Crippen molar-refractivity contribution in [1.82, 2.24) is 0 Å². The van der Waals surface area contributed by atoms with Gasteiger partial charge in [-0.15, -0.1) is 0 Å². The van der Waals surface area contributed by atoms with Gasteiger partial charge in [0.15, 0.2) is 0 Å². The number of hydrogen-bond donors (Lipinski definition) is 0. The van der Waals surface area contributed by atoms with E-state index in [0.717, 1.165) is 18.4 Å². The Balaban J connectivity index is 3.84. The van der Waals surface area contributed by atoms with Gasteiger partial charge >= 0.3 is 5.97 Å². The molecule has 0 aliphatic heterocycles. The van der Waals surface area contributed by atoms with Crippen LogP contribution < -0.4 is 0 Å². The standard InChI is InChI=1S/C11H20O2/c1-5-6-13-11(12)8-10(4)7-9(2)3/h8-9H,5-7H2,1-4H3. The third-order valence-electron chi connectivity index (χ3n) is 1.54. The van der Waals surface area contributed by atoms with E-state index in [9.17, 15) is 4.79 Å². The average molecular weight is 184 g/mol. The maximum atomic E-state index is 11.1. The van der Waals surface area contributed by atoms with E-state index in [1.807, 2.05) is 13.8 Å². The Morgan fingerprint density at radius 3 is 2.54 bits per heavy atom. The van der Waals surface area contributed by atoms with E-state index in [1.165, 1.54) is 0 Å². The van der Waals surface area contributed by atoms with E-state index in [-0.39, 0.29) is 5.97 Å². The van der Waals surface area contributed by atoms with Crippen LogP contribution in [0.4, 0.5) is 0 Å². The van der Waals surface area contributed by atoms with Crippen LogP contribution >= 0.6 is 0 Å². The van der Waals surface area contributed by atoms with Crippen molar-refractivity contribution in [3.05, 3.63) is 11.6 Å². The fourth-order valence-electron chi connectivity index (χ4n) is 1.15. The number of rotatable bonds is 5. The van der Waals surface area contributed by atoms with Gasteiger partial charge in [-0.1, -0.05) is 26.3 Å². The molecule has 0 spiro atoms. The lowest BCUT2D eigenvalue weighted by molar-refractivity contribution is -0.137. The monoisotopic (exact) mass is 184 g/mol. The molecule has 0 amide bonds. The van der Waals surface area contributed by atoms with Crippen molar-refractivity contribution in [2.75, 3.05) is 6.61 Å². The molecule has 0 N–H and O–H groups in total. The summed E-state index contributed by atoms with van der Waals surface area (Å²) in [5, 5.41) is 0. The Bertz CT molecular complexity index is 181. The highest BCUT2D eigenvalue weighted by Gasteiger charge is 2.00. The minimum Gasteiger partial charge on any atom is -0.463 e. The first-order valence-electron chi connectivity index (χ1n) is 4.90. The van der Waals surface area contributed by atoms with Gasteiger partial charge in [0, 0.05) is 6.08 Å². The van der Waals surface area contributed by atoms with Gasteiger partial charge in [-0.3, -0.25) is 0 Å². The summed E-state index contributed by atoms with van der Waals surface area (Å²) in [6.45, 7) is 8.74. The smallest absolute Gasteiger partial charge is 0.330 e. The highest BCUT2D eigenvalue weighted by molar-refractivity contribution is 5.82. The van der Waals surface area contributed by atoms with Crippen LogP contribution in [0.15, 0.2) is 11.6 Å². The molecule has 0 aromatic heterocycles. The second-order valence-electron chi connectivity index (χ2n) is 3.76. The Labute approximate surface area is 81.0 Å². The second kappa shape index (κ2) is 6.70. The zero-order valence-corrected chi connectivity index (χ0v) is 9.09. The Morgan fingerprint density at radius 2 is 2.08 bits per heavy atom. The highest BCUT2D eigenvalue weighted by atomic mass is 16.5. The zero-order chi connectivity index (χ0) is 10.3. The maximum Gasteiger partial charge on any atom is 0.330 e. The number of allylic oxidation sites excluding steroid dienone is 1. The van der Waals surface area contributed by atoms with Crippen LogP contribution in [0.5, 0.6) is 0 Å². The Kier molecular flexibility index (Phi) is 6.29. The van der Waals surface area contributed by atoms with E-state index < -0.39 is 0 Å². The van der Waals surface area contributed by atoms with Gasteiger partial charge in [-0.25, -0.2) is 4.79 Å². The first-order valence-corrected chi connectivity index (χ1v) is 4.90. The lowest BCUT2D eigenvalue weighted by Crippen LogP contribution is -2.02. The largest absolute Gasteiger partial charge is 0.463 e. The summed E-state index contributed by atoms with van der Waals surface area (Å²) in [7, 11) is 0. The van der Waals surface area contributed by atoms with Crippen LogP contribution in [0.2, 0.25) is 0 Å². The van der Waals surface area contributed by atoms with Gasteiger partial charge in [0.1, 0.15) is 0 Å². The molecule has 0 aromatic carbocycles. The molecule has 2 heteroatoms. The normalized spacial score (nSPS) is 11.9. The van der Waals surface area contributed by atoms with E-state index in [4.69, 9.17) is 4.74 Å². The van der Waals surface area contributed by atoms with Crippen LogP contribution in [0, 0.1) is 5.92 Å². The van der Waals surface area contributed by atoms with Gasteiger partial charge < -0.3 is 4.74 Å². The first kappa shape index (κ1) is 12.2. The number of carbonyl (C=O) groups excluding carboxylic acids is 1. The number of ether oxygens (including phenoxy) is 1. The van der Waals surface area contributed by atoms with Gasteiger partial charge in [-0.2, -0.15) is 0 Å². The molecule has 0 fully saturated rings. The van der Waals surface area contributed by atoms with Crippen LogP contribution in [-0.4, -0.2) is 12.6 Å². The fourth-order valence-corrected chi connectivity index (χ4v) is 1.15. The topological polar surface area (TPSA) is 26.3 Å². The third kappa shape index (κ3) is 7.57. The number of esters is 1. The Morgan fingerprint density at radius 1 is 1.46 bits per heavy atom. The molecule has 2 nitrogen and oxygen atoms in total. The number of hydrogen-bond acceptors (Lipinski definition) is 2. The summed E-state index contributed by atoms with van der Waals surface area (Å²) in [4.78, 5) is 11.1. The number of carbonyl (C=O) groups is 1. The van der Waals surface area contributed by atoms with E-state index in [1.54, 1.807) is 6.08 Å². The lowest BCUT2D eigenvalue weighted by Gasteiger charge is -2.04. The van der Waals surface area contributed by atoms with Crippen molar-refractivity contribution in [3.8, 4) is 0 Å². The van der Waals surface area contributed by atoms with Crippen LogP contribution in [0.3, 0.4) is 0 Å². The average Bonchev–Trinajstić information content (AvgIpc) is 1.98. The molecule has 0 aromatic rings. The molecular weight excluding hydrogens is 164 g/mol. The van der Waals surface area contributed by atoms with Crippen LogP contribution in [-0.2, 0) is 9.53 Å².